The van der Waals surface area contributed by atoms with Crippen molar-refractivity contribution in [2.45, 2.75) is 6.42 Å². The highest BCUT2D eigenvalue weighted by Crippen LogP contribution is 2.29. The average molecular weight is 475 g/mol. The third kappa shape index (κ3) is 4.61. The van der Waals surface area contributed by atoms with Gasteiger partial charge in [0.2, 0.25) is 0 Å². The van der Waals surface area contributed by atoms with Gasteiger partial charge in [-0.15, -0.1) is 0 Å². The molecule has 3 amide bonds. The predicted molar refractivity (Wildman–Crippen MR) is 132 cm³/mol. The smallest absolute Gasteiger partial charge is 0.321 e. The van der Waals surface area contributed by atoms with Crippen LogP contribution in [-0.4, -0.2) is 53.1 Å². The van der Waals surface area contributed by atoms with E-state index in [1.54, 1.807) is 40.1 Å². The fraction of sp³-hybridized carbons (Fsp3) is 0.192. The Morgan fingerprint density at radius 1 is 0.882 bits per heavy atom. The highest BCUT2D eigenvalue weighted by molar-refractivity contribution is 6.30. The molecular weight excluding hydrogens is 452 g/mol. The minimum absolute atomic E-state index is 0.0675. The molecule has 1 aromatic heterocycles. The number of carbonyl (C=O) groups excluding carboxylic acids is 2. The fourth-order valence-electron chi connectivity index (χ4n) is 4.11. The van der Waals surface area contributed by atoms with Gasteiger partial charge in [0.05, 0.1) is 5.39 Å². The van der Waals surface area contributed by atoms with Crippen molar-refractivity contribution < 1.29 is 14.1 Å². The lowest BCUT2D eigenvalue weighted by Gasteiger charge is -2.22. The molecule has 0 spiro atoms. The lowest BCUT2D eigenvalue weighted by Crippen LogP contribution is -2.39. The van der Waals surface area contributed by atoms with Crippen molar-refractivity contribution in [3.8, 4) is 11.3 Å². The van der Waals surface area contributed by atoms with Crippen LogP contribution in [0, 0.1) is 0 Å². The molecule has 5 rings (SSSR count). The van der Waals surface area contributed by atoms with Gasteiger partial charge in [-0.2, -0.15) is 0 Å². The van der Waals surface area contributed by atoms with Crippen LogP contribution in [0.2, 0.25) is 5.02 Å². The summed E-state index contributed by atoms with van der Waals surface area (Å²) >= 11 is 5.91. The summed E-state index contributed by atoms with van der Waals surface area (Å²) in [6.45, 7) is 2.07. The van der Waals surface area contributed by atoms with E-state index in [-0.39, 0.29) is 11.9 Å². The third-order valence-corrected chi connectivity index (χ3v) is 6.18. The molecule has 0 bridgehead atoms. The minimum Gasteiger partial charge on any atom is -0.355 e. The molecule has 0 atom stereocenters. The molecule has 8 heteroatoms. The quantitative estimate of drug-likeness (QED) is 0.423. The van der Waals surface area contributed by atoms with Crippen LogP contribution in [0.3, 0.4) is 0 Å². The molecule has 3 aromatic carbocycles. The maximum absolute atomic E-state index is 13.3. The summed E-state index contributed by atoms with van der Waals surface area (Å²) in [7, 11) is 0. The lowest BCUT2D eigenvalue weighted by atomic mass is 10.1. The molecule has 0 unspecified atom stereocenters. The number of fused-ring (bicyclic) bond motifs is 1. The van der Waals surface area contributed by atoms with Gasteiger partial charge in [-0.1, -0.05) is 47.1 Å². The summed E-state index contributed by atoms with van der Waals surface area (Å²) in [5, 5.41) is 8.44. The SMILES string of the molecule is O=C(Nc1ccc(Cl)cc1)N1CCCN(C(=O)c2ccc3noc(-c4ccccc4)c3c2)CC1. The first-order valence-corrected chi connectivity index (χ1v) is 11.5. The van der Waals surface area contributed by atoms with Gasteiger partial charge < -0.3 is 19.6 Å². The molecule has 1 fully saturated rings. The normalized spacial score (nSPS) is 14.1. The zero-order valence-corrected chi connectivity index (χ0v) is 19.2. The summed E-state index contributed by atoms with van der Waals surface area (Å²) in [6.07, 6.45) is 0.699. The third-order valence-electron chi connectivity index (χ3n) is 5.93. The number of hydrogen-bond donors (Lipinski definition) is 1. The van der Waals surface area contributed by atoms with Gasteiger partial charge in [0, 0.05) is 48.0 Å². The zero-order chi connectivity index (χ0) is 23.5. The predicted octanol–water partition coefficient (Wildman–Crippen LogP) is 5.53. The van der Waals surface area contributed by atoms with Gasteiger partial charge in [-0.05, 0) is 48.9 Å². The molecular formula is C26H23ClN4O3. The van der Waals surface area contributed by atoms with E-state index in [0.717, 1.165) is 10.9 Å². The second-order valence-corrected chi connectivity index (χ2v) is 8.62. The molecule has 1 saturated heterocycles. The fourth-order valence-corrected chi connectivity index (χ4v) is 4.24. The van der Waals surface area contributed by atoms with E-state index in [4.69, 9.17) is 16.1 Å². The minimum atomic E-state index is -0.185. The summed E-state index contributed by atoms with van der Waals surface area (Å²) in [6, 6.07) is 21.9. The Morgan fingerprint density at radius 2 is 1.62 bits per heavy atom. The maximum Gasteiger partial charge on any atom is 0.321 e. The molecule has 4 aromatic rings. The van der Waals surface area contributed by atoms with Crippen LogP contribution < -0.4 is 5.32 Å². The van der Waals surface area contributed by atoms with Crippen molar-refractivity contribution in [2.24, 2.45) is 0 Å². The first kappa shape index (κ1) is 22.0. The second-order valence-electron chi connectivity index (χ2n) is 8.18. The Labute approximate surface area is 201 Å². The van der Waals surface area contributed by atoms with Gasteiger partial charge in [0.1, 0.15) is 5.52 Å². The van der Waals surface area contributed by atoms with Crippen molar-refractivity contribution in [1.29, 1.82) is 0 Å². The summed E-state index contributed by atoms with van der Waals surface area (Å²) in [5.41, 5.74) is 2.87. The Hall–Kier alpha value is -3.84. The summed E-state index contributed by atoms with van der Waals surface area (Å²) < 4.78 is 5.56. The number of amides is 3. The molecule has 34 heavy (non-hydrogen) atoms. The van der Waals surface area contributed by atoms with Crippen LogP contribution in [0.1, 0.15) is 16.8 Å². The number of halogens is 1. The number of rotatable bonds is 3. The highest BCUT2D eigenvalue weighted by atomic mass is 35.5. The van der Waals surface area contributed by atoms with Crippen LogP contribution in [0.15, 0.2) is 77.3 Å². The Bertz CT molecular complexity index is 1320. The Morgan fingerprint density at radius 3 is 2.41 bits per heavy atom. The van der Waals surface area contributed by atoms with Gasteiger partial charge in [-0.3, -0.25) is 4.79 Å². The van der Waals surface area contributed by atoms with E-state index in [9.17, 15) is 9.59 Å². The van der Waals surface area contributed by atoms with E-state index < -0.39 is 0 Å². The van der Waals surface area contributed by atoms with Gasteiger partial charge >= 0.3 is 6.03 Å². The second kappa shape index (κ2) is 9.57. The maximum atomic E-state index is 13.3. The van der Waals surface area contributed by atoms with E-state index in [0.29, 0.717) is 60.2 Å². The van der Waals surface area contributed by atoms with Crippen molar-refractivity contribution in [1.82, 2.24) is 15.0 Å². The molecule has 1 aliphatic rings. The van der Waals surface area contributed by atoms with E-state index >= 15 is 0 Å². The highest BCUT2D eigenvalue weighted by Gasteiger charge is 2.24. The van der Waals surface area contributed by atoms with E-state index in [1.165, 1.54) is 0 Å². The number of benzene rings is 3. The van der Waals surface area contributed by atoms with E-state index in [1.807, 2.05) is 42.5 Å². The van der Waals surface area contributed by atoms with Crippen molar-refractivity contribution in [2.75, 3.05) is 31.5 Å². The van der Waals surface area contributed by atoms with Gasteiger partial charge in [-0.25, -0.2) is 4.79 Å². The number of nitrogens with zero attached hydrogens (tertiary/aromatic N) is 3. The largest absolute Gasteiger partial charge is 0.355 e. The Kier molecular flexibility index (Phi) is 6.18. The molecule has 0 aliphatic carbocycles. The molecule has 2 heterocycles. The number of aromatic nitrogens is 1. The number of nitrogens with one attached hydrogen (secondary N) is 1. The van der Waals surface area contributed by atoms with Gasteiger partial charge in [0.25, 0.3) is 5.91 Å². The van der Waals surface area contributed by atoms with Gasteiger partial charge in [0.15, 0.2) is 5.76 Å². The number of urea groups is 1. The molecule has 1 aliphatic heterocycles. The van der Waals surface area contributed by atoms with Crippen LogP contribution in [0.25, 0.3) is 22.2 Å². The lowest BCUT2D eigenvalue weighted by molar-refractivity contribution is 0.0763. The first-order valence-electron chi connectivity index (χ1n) is 11.1. The molecule has 172 valence electrons. The number of hydrogen-bond acceptors (Lipinski definition) is 4. The number of carbonyl (C=O) groups is 2. The van der Waals surface area contributed by atoms with Crippen molar-refractivity contribution in [3.63, 3.8) is 0 Å². The standard InChI is InChI=1S/C26H23ClN4O3/c27-20-8-10-21(11-9-20)28-26(33)31-14-4-13-30(15-16-31)25(32)19-7-12-23-22(17-19)24(34-29-23)18-5-2-1-3-6-18/h1-3,5-12,17H,4,13-16H2,(H,28,33). The first-order chi connectivity index (χ1) is 16.6. The van der Waals surface area contributed by atoms with Crippen LogP contribution >= 0.6 is 11.6 Å². The summed E-state index contributed by atoms with van der Waals surface area (Å²) in [4.78, 5) is 29.5. The summed E-state index contributed by atoms with van der Waals surface area (Å²) in [5.74, 6) is 0.577. The molecule has 0 radical (unpaired) electrons. The van der Waals surface area contributed by atoms with Crippen LogP contribution in [-0.2, 0) is 0 Å². The van der Waals surface area contributed by atoms with Crippen LogP contribution in [0.5, 0.6) is 0 Å². The Balaban J connectivity index is 1.28. The molecule has 0 saturated carbocycles. The zero-order valence-electron chi connectivity index (χ0n) is 18.4. The molecule has 1 N–H and O–H groups in total. The van der Waals surface area contributed by atoms with Crippen molar-refractivity contribution >= 4 is 40.1 Å². The monoisotopic (exact) mass is 474 g/mol. The van der Waals surface area contributed by atoms with Crippen molar-refractivity contribution in [3.05, 3.63) is 83.4 Å². The van der Waals surface area contributed by atoms with E-state index in [2.05, 4.69) is 10.5 Å². The van der Waals surface area contributed by atoms with Crippen LogP contribution in [0.4, 0.5) is 10.5 Å². The average Bonchev–Trinajstić information content (AvgIpc) is 3.13. The topological polar surface area (TPSA) is 78.7 Å². The number of anilines is 1. The molecule has 7 nitrogen and oxygen atoms in total.